The molecule has 0 aliphatic carbocycles. The van der Waals surface area contributed by atoms with Crippen molar-refractivity contribution in [1.82, 2.24) is 0 Å². The van der Waals surface area contributed by atoms with Gasteiger partial charge in [-0.05, 0) is 24.3 Å². The van der Waals surface area contributed by atoms with Gasteiger partial charge in [0.25, 0.3) is 0 Å². The van der Waals surface area contributed by atoms with Gasteiger partial charge in [-0.3, -0.25) is 4.79 Å². The summed E-state index contributed by atoms with van der Waals surface area (Å²) >= 11 is 0. The number of furan rings is 1. The SMILES string of the molecule is O=Cc1ccc(-c2cccc(OCC(F)(F)F)c2)o1. The van der Waals surface area contributed by atoms with E-state index in [2.05, 4.69) is 4.74 Å². The topological polar surface area (TPSA) is 39.4 Å². The zero-order chi connectivity index (χ0) is 13.9. The fourth-order valence-electron chi connectivity index (χ4n) is 1.48. The highest BCUT2D eigenvalue weighted by Gasteiger charge is 2.28. The van der Waals surface area contributed by atoms with Crippen LogP contribution in [0.25, 0.3) is 11.3 Å². The van der Waals surface area contributed by atoms with Gasteiger partial charge < -0.3 is 9.15 Å². The molecule has 0 atom stereocenters. The molecule has 0 unspecified atom stereocenters. The number of alkyl halides is 3. The molecule has 0 spiro atoms. The standard InChI is InChI=1S/C13H9F3O3/c14-13(15,16)8-18-10-3-1-2-9(6-10)12-5-4-11(7-17)19-12/h1-7H,8H2. The minimum atomic E-state index is -4.38. The molecular weight excluding hydrogens is 261 g/mol. The average Bonchev–Trinajstić information content (AvgIpc) is 2.85. The van der Waals surface area contributed by atoms with Crippen LogP contribution in [-0.2, 0) is 0 Å². The second-order valence-electron chi connectivity index (χ2n) is 3.75. The Balaban J connectivity index is 2.17. The number of aldehydes is 1. The van der Waals surface area contributed by atoms with Gasteiger partial charge in [0.2, 0.25) is 0 Å². The molecule has 6 heteroatoms. The molecule has 0 radical (unpaired) electrons. The van der Waals surface area contributed by atoms with E-state index in [-0.39, 0.29) is 11.5 Å². The molecule has 2 aromatic rings. The third-order valence-corrected chi connectivity index (χ3v) is 2.26. The molecule has 0 aliphatic rings. The van der Waals surface area contributed by atoms with Crippen molar-refractivity contribution in [1.29, 1.82) is 0 Å². The number of carbonyl (C=O) groups excluding carboxylic acids is 1. The number of rotatable bonds is 4. The fourth-order valence-corrected chi connectivity index (χ4v) is 1.48. The van der Waals surface area contributed by atoms with Crippen LogP contribution in [0.4, 0.5) is 13.2 Å². The third kappa shape index (κ3) is 3.61. The Morgan fingerprint density at radius 3 is 2.63 bits per heavy atom. The Morgan fingerprint density at radius 1 is 1.21 bits per heavy atom. The maximum absolute atomic E-state index is 12.0. The van der Waals surface area contributed by atoms with Crippen LogP contribution in [0, 0.1) is 0 Å². The first-order valence-electron chi connectivity index (χ1n) is 5.33. The van der Waals surface area contributed by atoms with Crippen molar-refractivity contribution < 1.29 is 27.1 Å². The van der Waals surface area contributed by atoms with E-state index >= 15 is 0 Å². The summed E-state index contributed by atoms with van der Waals surface area (Å²) < 4.78 is 45.9. The van der Waals surface area contributed by atoms with E-state index in [1.165, 1.54) is 18.2 Å². The van der Waals surface area contributed by atoms with Gasteiger partial charge in [0.1, 0.15) is 11.5 Å². The van der Waals surface area contributed by atoms with E-state index in [4.69, 9.17) is 4.42 Å². The summed E-state index contributed by atoms with van der Waals surface area (Å²) in [6.45, 7) is -1.35. The Morgan fingerprint density at radius 2 is 2.00 bits per heavy atom. The van der Waals surface area contributed by atoms with E-state index in [1.807, 2.05) is 0 Å². The highest BCUT2D eigenvalue weighted by atomic mass is 19.4. The van der Waals surface area contributed by atoms with Crippen LogP contribution < -0.4 is 4.74 Å². The minimum Gasteiger partial charge on any atom is -0.484 e. The summed E-state index contributed by atoms with van der Waals surface area (Å²) in [5, 5.41) is 0. The molecule has 2 rings (SSSR count). The van der Waals surface area contributed by atoms with Gasteiger partial charge in [-0.2, -0.15) is 13.2 Å². The first kappa shape index (κ1) is 13.2. The highest BCUT2D eigenvalue weighted by Crippen LogP contribution is 2.26. The van der Waals surface area contributed by atoms with E-state index in [0.717, 1.165) is 0 Å². The van der Waals surface area contributed by atoms with Crippen LogP contribution in [-0.4, -0.2) is 19.1 Å². The number of halogens is 3. The summed E-state index contributed by atoms with van der Waals surface area (Å²) in [7, 11) is 0. The first-order chi connectivity index (χ1) is 8.98. The maximum atomic E-state index is 12.0. The fraction of sp³-hybridized carbons (Fsp3) is 0.154. The second-order valence-corrected chi connectivity index (χ2v) is 3.75. The number of benzene rings is 1. The molecule has 0 fully saturated rings. The molecule has 0 aliphatic heterocycles. The molecule has 3 nitrogen and oxygen atoms in total. The summed E-state index contributed by atoms with van der Waals surface area (Å²) in [5.41, 5.74) is 0.535. The predicted molar refractivity (Wildman–Crippen MR) is 61.1 cm³/mol. The van der Waals surface area contributed by atoms with Crippen molar-refractivity contribution in [2.75, 3.05) is 6.61 Å². The Hall–Kier alpha value is -2.24. The van der Waals surface area contributed by atoms with Crippen molar-refractivity contribution in [2.24, 2.45) is 0 Å². The lowest BCUT2D eigenvalue weighted by Crippen LogP contribution is -2.19. The summed E-state index contributed by atoms with van der Waals surface area (Å²) in [6.07, 6.45) is -3.83. The van der Waals surface area contributed by atoms with Crippen LogP contribution >= 0.6 is 0 Å². The number of carbonyl (C=O) groups is 1. The van der Waals surface area contributed by atoms with Crippen LogP contribution in [0.1, 0.15) is 10.6 Å². The summed E-state index contributed by atoms with van der Waals surface area (Å²) in [4.78, 5) is 10.5. The lowest BCUT2D eigenvalue weighted by molar-refractivity contribution is -0.153. The molecule has 100 valence electrons. The van der Waals surface area contributed by atoms with Gasteiger partial charge in [-0.25, -0.2) is 0 Å². The molecule has 1 heterocycles. The smallest absolute Gasteiger partial charge is 0.422 e. The molecule has 19 heavy (non-hydrogen) atoms. The molecule has 1 aromatic heterocycles. The lowest BCUT2D eigenvalue weighted by atomic mass is 10.1. The van der Waals surface area contributed by atoms with E-state index in [1.54, 1.807) is 18.2 Å². The van der Waals surface area contributed by atoms with Crippen LogP contribution in [0.5, 0.6) is 5.75 Å². The monoisotopic (exact) mass is 270 g/mol. The van der Waals surface area contributed by atoms with E-state index in [9.17, 15) is 18.0 Å². The van der Waals surface area contributed by atoms with Crippen LogP contribution in [0.3, 0.4) is 0 Å². The minimum absolute atomic E-state index is 0.0823. The van der Waals surface area contributed by atoms with E-state index in [0.29, 0.717) is 17.6 Å². The number of hydrogen-bond donors (Lipinski definition) is 0. The Kier molecular flexibility index (Phi) is 3.59. The van der Waals surface area contributed by atoms with Crippen molar-refractivity contribution in [3.8, 4) is 17.1 Å². The summed E-state index contributed by atoms with van der Waals surface area (Å²) in [6, 6.07) is 9.06. The highest BCUT2D eigenvalue weighted by molar-refractivity contribution is 5.73. The number of ether oxygens (including phenoxy) is 1. The second kappa shape index (κ2) is 5.17. The Labute approximate surface area is 106 Å². The van der Waals surface area contributed by atoms with Gasteiger partial charge in [0.15, 0.2) is 18.7 Å². The molecule has 0 saturated carbocycles. The summed E-state index contributed by atoms with van der Waals surface area (Å²) in [5.74, 6) is 0.620. The zero-order valence-corrected chi connectivity index (χ0v) is 9.61. The average molecular weight is 270 g/mol. The molecule has 0 amide bonds. The lowest BCUT2D eigenvalue weighted by Gasteiger charge is -2.09. The maximum Gasteiger partial charge on any atom is 0.422 e. The van der Waals surface area contributed by atoms with Crippen molar-refractivity contribution in [3.05, 3.63) is 42.2 Å². The van der Waals surface area contributed by atoms with Crippen LogP contribution in [0.2, 0.25) is 0 Å². The van der Waals surface area contributed by atoms with E-state index < -0.39 is 12.8 Å². The largest absolute Gasteiger partial charge is 0.484 e. The van der Waals surface area contributed by atoms with Gasteiger partial charge in [0, 0.05) is 5.56 Å². The zero-order valence-electron chi connectivity index (χ0n) is 9.61. The third-order valence-electron chi connectivity index (χ3n) is 2.26. The van der Waals surface area contributed by atoms with Crippen molar-refractivity contribution >= 4 is 6.29 Å². The van der Waals surface area contributed by atoms with Gasteiger partial charge in [-0.1, -0.05) is 12.1 Å². The van der Waals surface area contributed by atoms with Crippen molar-refractivity contribution in [3.63, 3.8) is 0 Å². The van der Waals surface area contributed by atoms with Gasteiger partial charge in [-0.15, -0.1) is 0 Å². The predicted octanol–water partition coefficient (Wildman–Crippen LogP) is 3.70. The van der Waals surface area contributed by atoms with Gasteiger partial charge in [0.05, 0.1) is 0 Å². The normalized spacial score (nSPS) is 11.3. The van der Waals surface area contributed by atoms with Crippen molar-refractivity contribution in [2.45, 2.75) is 6.18 Å². The first-order valence-corrected chi connectivity index (χ1v) is 5.33. The molecule has 1 aromatic carbocycles. The quantitative estimate of drug-likeness (QED) is 0.795. The molecule has 0 bridgehead atoms. The molecular formula is C13H9F3O3. The Bertz CT molecular complexity index is 573. The molecule has 0 saturated heterocycles. The molecule has 0 N–H and O–H groups in total. The van der Waals surface area contributed by atoms with Crippen LogP contribution in [0.15, 0.2) is 40.8 Å². The number of hydrogen-bond acceptors (Lipinski definition) is 3. The van der Waals surface area contributed by atoms with Gasteiger partial charge >= 0.3 is 6.18 Å².